The van der Waals surface area contributed by atoms with Gasteiger partial charge in [-0.15, -0.1) is 0 Å². The number of nitrogens with zero attached hydrogens (tertiary/aromatic N) is 2. The van der Waals surface area contributed by atoms with Gasteiger partial charge in [-0.25, -0.2) is 4.79 Å². The van der Waals surface area contributed by atoms with Gasteiger partial charge in [-0.1, -0.05) is 0 Å². The Bertz CT molecular complexity index is 508. The molecule has 1 aliphatic heterocycles. The molecule has 0 bridgehead atoms. The fourth-order valence-electron chi connectivity index (χ4n) is 1.89. The minimum atomic E-state index is -5.08. The maximum absolute atomic E-state index is 11.8. The lowest BCUT2D eigenvalue weighted by Gasteiger charge is -2.31. The van der Waals surface area contributed by atoms with Gasteiger partial charge in [0, 0.05) is 31.0 Å². The molecule has 9 heteroatoms. The summed E-state index contributed by atoms with van der Waals surface area (Å²) in [5, 5.41) is 7.12. The van der Waals surface area contributed by atoms with E-state index in [0.717, 1.165) is 18.7 Å². The summed E-state index contributed by atoms with van der Waals surface area (Å²) in [7, 11) is 0. The smallest absolute Gasteiger partial charge is 0.475 e. The predicted octanol–water partition coefficient (Wildman–Crippen LogP) is 1.42. The number of nitrogens with two attached hydrogens (primary N) is 1. The van der Waals surface area contributed by atoms with Crippen LogP contribution in [0.3, 0.4) is 0 Å². The molecule has 2 heterocycles. The summed E-state index contributed by atoms with van der Waals surface area (Å²) in [5.41, 5.74) is 6.50. The molecule has 1 fully saturated rings. The number of carbonyl (C=O) groups excluding carboxylic acids is 1. The second kappa shape index (κ2) is 7.74. The third-order valence-corrected chi connectivity index (χ3v) is 3.08. The van der Waals surface area contributed by atoms with Gasteiger partial charge in [0.15, 0.2) is 0 Å². The minimum Gasteiger partial charge on any atom is -0.475 e. The Labute approximate surface area is 124 Å². The summed E-state index contributed by atoms with van der Waals surface area (Å²) in [5.74, 6) is -2.23. The number of aliphatic carboxylic acids is 1. The van der Waals surface area contributed by atoms with E-state index in [-0.39, 0.29) is 5.91 Å². The van der Waals surface area contributed by atoms with Crippen LogP contribution in [0.2, 0.25) is 0 Å². The molecule has 1 saturated heterocycles. The minimum absolute atomic E-state index is 0.169. The number of aromatic nitrogens is 1. The van der Waals surface area contributed by atoms with Crippen molar-refractivity contribution in [2.24, 2.45) is 11.7 Å². The molecule has 1 aromatic rings. The molecule has 22 heavy (non-hydrogen) atoms. The normalized spacial score (nSPS) is 18.5. The van der Waals surface area contributed by atoms with Crippen molar-refractivity contribution in [1.29, 1.82) is 0 Å². The fraction of sp³-hybridized carbons (Fsp3) is 0.462. The van der Waals surface area contributed by atoms with Gasteiger partial charge in [0.2, 0.25) is 5.91 Å². The number of anilines is 1. The third-order valence-electron chi connectivity index (χ3n) is 3.08. The zero-order valence-corrected chi connectivity index (χ0v) is 11.6. The average molecular weight is 319 g/mol. The summed E-state index contributed by atoms with van der Waals surface area (Å²) in [6, 6.07) is 3.72. The lowest BCUT2D eigenvalue weighted by molar-refractivity contribution is -0.192. The van der Waals surface area contributed by atoms with E-state index in [1.807, 2.05) is 17.0 Å². The van der Waals surface area contributed by atoms with Crippen LogP contribution in [0.25, 0.3) is 0 Å². The first-order valence-electron chi connectivity index (χ1n) is 6.46. The largest absolute Gasteiger partial charge is 0.490 e. The molecule has 1 amide bonds. The van der Waals surface area contributed by atoms with Gasteiger partial charge in [-0.05, 0) is 31.0 Å². The van der Waals surface area contributed by atoms with E-state index in [0.29, 0.717) is 18.9 Å². The van der Waals surface area contributed by atoms with E-state index in [1.54, 1.807) is 12.4 Å². The molecule has 1 aliphatic rings. The Balaban J connectivity index is 0.000000295. The number of alkyl halides is 3. The Hall–Kier alpha value is -2.16. The molecule has 6 nitrogen and oxygen atoms in total. The van der Waals surface area contributed by atoms with Gasteiger partial charge in [0.25, 0.3) is 0 Å². The second-order valence-corrected chi connectivity index (χ2v) is 4.65. The van der Waals surface area contributed by atoms with Gasteiger partial charge >= 0.3 is 12.1 Å². The maximum atomic E-state index is 11.8. The molecule has 0 saturated carbocycles. The van der Waals surface area contributed by atoms with E-state index < -0.39 is 12.1 Å². The monoisotopic (exact) mass is 319 g/mol. The Morgan fingerprint density at radius 2 is 1.95 bits per heavy atom. The third kappa shape index (κ3) is 5.32. The van der Waals surface area contributed by atoms with Crippen LogP contribution >= 0.6 is 0 Å². The van der Waals surface area contributed by atoms with Gasteiger partial charge < -0.3 is 15.7 Å². The van der Waals surface area contributed by atoms with Crippen molar-refractivity contribution < 1.29 is 27.9 Å². The molecule has 122 valence electrons. The highest BCUT2D eigenvalue weighted by Gasteiger charge is 2.38. The number of pyridine rings is 1. The van der Waals surface area contributed by atoms with Crippen molar-refractivity contribution in [3.8, 4) is 0 Å². The lowest BCUT2D eigenvalue weighted by Crippen LogP contribution is -2.40. The van der Waals surface area contributed by atoms with E-state index in [2.05, 4.69) is 4.98 Å². The van der Waals surface area contributed by atoms with Crippen LogP contribution in [0, 0.1) is 5.92 Å². The van der Waals surface area contributed by atoms with Crippen molar-refractivity contribution >= 4 is 17.6 Å². The van der Waals surface area contributed by atoms with Crippen LogP contribution in [-0.4, -0.2) is 41.2 Å². The highest BCUT2D eigenvalue weighted by molar-refractivity contribution is 5.94. The SMILES string of the molecule is NC[C@@H]1CCN(c2ccncc2)C(=O)C1.O=C(O)C(F)(F)F. The van der Waals surface area contributed by atoms with Gasteiger partial charge in [0.05, 0.1) is 0 Å². The van der Waals surface area contributed by atoms with Gasteiger partial charge in [0.1, 0.15) is 0 Å². The molecular formula is C13H16F3N3O3. The Morgan fingerprint density at radius 1 is 1.41 bits per heavy atom. The number of piperidine rings is 1. The molecule has 3 N–H and O–H groups in total. The summed E-state index contributed by atoms with van der Waals surface area (Å²) < 4.78 is 31.7. The van der Waals surface area contributed by atoms with Crippen molar-refractivity contribution in [1.82, 2.24) is 4.98 Å². The molecule has 0 radical (unpaired) electrons. The zero-order chi connectivity index (χ0) is 16.8. The first kappa shape index (κ1) is 17.9. The van der Waals surface area contributed by atoms with E-state index in [4.69, 9.17) is 15.6 Å². The zero-order valence-electron chi connectivity index (χ0n) is 11.6. The first-order valence-corrected chi connectivity index (χ1v) is 6.46. The van der Waals surface area contributed by atoms with Crippen LogP contribution in [0.5, 0.6) is 0 Å². The number of carbonyl (C=O) groups is 2. The number of hydrogen-bond acceptors (Lipinski definition) is 4. The Kier molecular flexibility index (Phi) is 6.29. The van der Waals surface area contributed by atoms with E-state index in [9.17, 15) is 18.0 Å². The van der Waals surface area contributed by atoms with Crippen molar-refractivity contribution in [2.45, 2.75) is 19.0 Å². The molecule has 0 aliphatic carbocycles. The van der Waals surface area contributed by atoms with Gasteiger partial charge in [-0.2, -0.15) is 13.2 Å². The molecule has 0 unspecified atom stereocenters. The fourth-order valence-corrected chi connectivity index (χ4v) is 1.89. The number of carboxylic acid groups (broad SMARTS) is 1. The summed E-state index contributed by atoms with van der Waals surface area (Å²) >= 11 is 0. The number of halogens is 3. The predicted molar refractivity (Wildman–Crippen MR) is 72.1 cm³/mol. The van der Waals surface area contributed by atoms with Gasteiger partial charge in [-0.3, -0.25) is 9.78 Å². The van der Waals surface area contributed by atoms with E-state index in [1.165, 1.54) is 0 Å². The van der Waals surface area contributed by atoms with Crippen molar-refractivity contribution in [2.75, 3.05) is 18.0 Å². The van der Waals surface area contributed by atoms with Crippen LogP contribution in [0.15, 0.2) is 24.5 Å². The molecule has 0 spiro atoms. The van der Waals surface area contributed by atoms with Crippen LogP contribution in [0.1, 0.15) is 12.8 Å². The highest BCUT2D eigenvalue weighted by Crippen LogP contribution is 2.22. The number of hydrogen-bond donors (Lipinski definition) is 2. The lowest BCUT2D eigenvalue weighted by atomic mass is 9.96. The van der Waals surface area contributed by atoms with Crippen LogP contribution < -0.4 is 10.6 Å². The number of carboxylic acids is 1. The van der Waals surface area contributed by atoms with Crippen LogP contribution in [0.4, 0.5) is 18.9 Å². The molecular weight excluding hydrogens is 303 g/mol. The standard InChI is InChI=1S/C11H15N3O.C2HF3O2/c12-8-9-3-6-14(11(15)7-9)10-1-4-13-5-2-10;3-2(4,5)1(6)7/h1-2,4-5,9H,3,6-8,12H2;(H,6,7)/t9-;/m1./s1. The molecule has 0 aromatic carbocycles. The van der Waals surface area contributed by atoms with Crippen molar-refractivity contribution in [3.05, 3.63) is 24.5 Å². The summed E-state index contributed by atoms with van der Waals surface area (Å²) in [6.07, 6.45) is -0.112. The molecule has 2 rings (SSSR count). The number of amides is 1. The second-order valence-electron chi connectivity index (χ2n) is 4.65. The van der Waals surface area contributed by atoms with Crippen LogP contribution in [-0.2, 0) is 9.59 Å². The quantitative estimate of drug-likeness (QED) is 0.859. The number of rotatable bonds is 2. The molecule has 1 atom stereocenters. The van der Waals surface area contributed by atoms with Crippen molar-refractivity contribution in [3.63, 3.8) is 0 Å². The Morgan fingerprint density at radius 3 is 2.36 bits per heavy atom. The maximum Gasteiger partial charge on any atom is 0.490 e. The average Bonchev–Trinajstić information content (AvgIpc) is 2.47. The highest BCUT2D eigenvalue weighted by atomic mass is 19.4. The topological polar surface area (TPSA) is 96.5 Å². The molecule has 1 aromatic heterocycles. The summed E-state index contributed by atoms with van der Waals surface area (Å²) in [4.78, 5) is 26.5. The van der Waals surface area contributed by atoms with E-state index >= 15 is 0 Å². The first-order chi connectivity index (χ1) is 10.3. The summed E-state index contributed by atoms with van der Waals surface area (Å²) in [6.45, 7) is 1.38.